The van der Waals surface area contributed by atoms with Crippen LogP contribution in [-0.4, -0.2) is 40.8 Å². The van der Waals surface area contributed by atoms with E-state index in [1.807, 2.05) is 0 Å². The summed E-state index contributed by atoms with van der Waals surface area (Å²) in [7, 11) is 0. The van der Waals surface area contributed by atoms with Crippen molar-refractivity contribution in [3.05, 3.63) is 11.7 Å². The van der Waals surface area contributed by atoms with Crippen LogP contribution in [0.3, 0.4) is 0 Å². The molecule has 0 spiro atoms. The molecule has 1 aromatic rings. The minimum absolute atomic E-state index is 0.118. The summed E-state index contributed by atoms with van der Waals surface area (Å²) in [5.74, 6) is 1.45. The van der Waals surface area contributed by atoms with Gasteiger partial charge in [0, 0.05) is 19.1 Å². The Morgan fingerprint density at radius 3 is 2.80 bits per heavy atom. The molecule has 2 N–H and O–H groups in total. The highest BCUT2D eigenvalue weighted by atomic mass is 16.5. The number of morpholine rings is 1. The number of hydrogen-bond donors (Lipinski definition) is 1. The third-order valence-corrected chi connectivity index (χ3v) is 4.12. The largest absolute Gasteiger partial charge is 0.367 e. The van der Waals surface area contributed by atoms with Crippen molar-refractivity contribution in [3.8, 4) is 0 Å². The van der Waals surface area contributed by atoms with Crippen molar-refractivity contribution in [3.63, 3.8) is 0 Å². The van der Waals surface area contributed by atoms with E-state index in [2.05, 4.69) is 42.7 Å². The molecule has 0 aliphatic carbocycles. The fraction of sp³-hybridized carbons (Fsp3) is 0.857. The van der Waals surface area contributed by atoms with Gasteiger partial charge in [-0.05, 0) is 19.8 Å². The van der Waals surface area contributed by atoms with Crippen LogP contribution in [0, 0.1) is 5.92 Å². The lowest BCUT2D eigenvalue weighted by atomic mass is 10.0. The van der Waals surface area contributed by atoms with Crippen LogP contribution in [0.4, 0.5) is 0 Å². The molecule has 0 saturated carbocycles. The fourth-order valence-corrected chi connectivity index (χ4v) is 2.31. The van der Waals surface area contributed by atoms with Gasteiger partial charge in [-0.1, -0.05) is 25.4 Å². The van der Waals surface area contributed by atoms with Gasteiger partial charge in [-0.25, -0.2) is 0 Å². The number of hydrogen-bond acceptors (Lipinski definition) is 6. The van der Waals surface area contributed by atoms with Gasteiger partial charge in [-0.3, -0.25) is 4.90 Å². The molecule has 6 nitrogen and oxygen atoms in total. The Kier molecular flexibility index (Phi) is 5.12. The highest BCUT2D eigenvalue weighted by Gasteiger charge is 2.29. The van der Waals surface area contributed by atoms with Crippen molar-refractivity contribution in [2.45, 2.75) is 52.3 Å². The zero-order valence-electron chi connectivity index (χ0n) is 12.9. The van der Waals surface area contributed by atoms with E-state index in [1.54, 1.807) is 0 Å². The van der Waals surface area contributed by atoms with Crippen molar-refractivity contribution in [1.82, 2.24) is 15.0 Å². The van der Waals surface area contributed by atoms with E-state index in [0.29, 0.717) is 30.3 Å². The number of nitrogens with zero attached hydrogens (tertiary/aromatic N) is 3. The molecule has 3 atom stereocenters. The van der Waals surface area contributed by atoms with Gasteiger partial charge in [0.25, 0.3) is 0 Å². The molecule has 114 valence electrons. The molecule has 2 rings (SSSR count). The lowest BCUT2D eigenvalue weighted by Crippen LogP contribution is -2.42. The van der Waals surface area contributed by atoms with E-state index in [1.165, 1.54) is 0 Å². The second kappa shape index (κ2) is 6.65. The van der Waals surface area contributed by atoms with Gasteiger partial charge in [0.05, 0.1) is 12.6 Å². The molecule has 1 aliphatic rings. The fourth-order valence-electron chi connectivity index (χ4n) is 2.31. The van der Waals surface area contributed by atoms with E-state index in [0.717, 1.165) is 19.5 Å². The first-order chi connectivity index (χ1) is 9.52. The number of rotatable bonds is 5. The lowest BCUT2D eigenvalue weighted by molar-refractivity contribution is -0.0450. The normalized spacial score (nSPS) is 24.0. The molecule has 0 aromatic carbocycles. The Morgan fingerprint density at radius 2 is 2.15 bits per heavy atom. The summed E-state index contributed by atoms with van der Waals surface area (Å²) in [6.07, 6.45) is 0.868. The van der Waals surface area contributed by atoms with Crippen LogP contribution in [-0.2, 0) is 4.74 Å². The van der Waals surface area contributed by atoms with Crippen molar-refractivity contribution in [1.29, 1.82) is 0 Å². The Morgan fingerprint density at radius 1 is 1.40 bits per heavy atom. The Hall–Kier alpha value is -0.980. The summed E-state index contributed by atoms with van der Waals surface area (Å²) in [4.78, 5) is 6.80. The molecule has 1 saturated heterocycles. The predicted molar refractivity (Wildman–Crippen MR) is 76.1 cm³/mol. The topological polar surface area (TPSA) is 77.4 Å². The highest BCUT2D eigenvalue weighted by molar-refractivity contribution is 4.98. The Balaban J connectivity index is 2.04. The van der Waals surface area contributed by atoms with E-state index in [9.17, 15) is 0 Å². The van der Waals surface area contributed by atoms with Gasteiger partial charge >= 0.3 is 0 Å². The summed E-state index contributed by atoms with van der Waals surface area (Å²) < 4.78 is 11.1. The van der Waals surface area contributed by atoms with Gasteiger partial charge in [-0.2, -0.15) is 4.98 Å². The molecule has 1 aromatic heterocycles. The van der Waals surface area contributed by atoms with E-state index in [4.69, 9.17) is 15.0 Å². The second-order valence-electron chi connectivity index (χ2n) is 5.85. The van der Waals surface area contributed by atoms with Crippen molar-refractivity contribution >= 4 is 0 Å². The summed E-state index contributed by atoms with van der Waals surface area (Å²) in [5.41, 5.74) is 6.12. The quantitative estimate of drug-likeness (QED) is 0.888. The summed E-state index contributed by atoms with van der Waals surface area (Å²) >= 11 is 0. The van der Waals surface area contributed by atoms with Gasteiger partial charge in [0.2, 0.25) is 11.7 Å². The van der Waals surface area contributed by atoms with Crippen LogP contribution in [0.1, 0.15) is 58.0 Å². The van der Waals surface area contributed by atoms with Gasteiger partial charge in [0.1, 0.15) is 6.10 Å². The summed E-state index contributed by atoms with van der Waals surface area (Å²) in [6.45, 7) is 11.0. The summed E-state index contributed by atoms with van der Waals surface area (Å²) in [5, 5.41) is 4.05. The number of aromatic nitrogens is 2. The predicted octanol–water partition coefficient (Wildman–Crippen LogP) is 1.90. The maximum absolute atomic E-state index is 6.12. The van der Waals surface area contributed by atoms with Crippen molar-refractivity contribution in [2.24, 2.45) is 11.7 Å². The van der Waals surface area contributed by atoms with Gasteiger partial charge < -0.3 is 15.0 Å². The van der Waals surface area contributed by atoms with E-state index in [-0.39, 0.29) is 12.1 Å². The highest BCUT2D eigenvalue weighted by Crippen LogP contribution is 2.25. The molecular weight excluding hydrogens is 256 g/mol. The first-order valence-corrected chi connectivity index (χ1v) is 7.47. The number of ether oxygens (including phenoxy) is 1. The van der Waals surface area contributed by atoms with Crippen LogP contribution in [0.25, 0.3) is 0 Å². The maximum atomic E-state index is 6.12. The monoisotopic (exact) mass is 282 g/mol. The average molecular weight is 282 g/mol. The molecule has 2 unspecified atom stereocenters. The molecule has 6 heteroatoms. The second-order valence-corrected chi connectivity index (χ2v) is 5.85. The average Bonchev–Trinajstić information content (AvgIpc) is 2.95. The van der Waals surface area contributed by atoms with Crippen molar-refractivity contribution < 1.29 is 9.26 Å². The van der Waals surface area contributed by atoms with Crippen LogP contribution in [0.15, 0.2) is 4.52 Å². The minimum atomic E-state index is -0.203. The van der Waals surface area contributed by atoms with E-state index < -0.39 is 0 Å². The van der Waals surface area contributed by atoms with Crippen molar-refractivity contribution in [2.75, 3.05) is 19.7 Å². The minimum Gasteiger partial charge on any atom is -0.367 e. The summed E-state index contributed by atoms with van der Waals surface area (Å²) in [6, 6.07) is 0.293. The zero-order chi connectivity index (χ0) is 14.7. The molecule has 20 heavy (non-hydrogen) atoms. The molecular formula is C14H26N4O2. The molecule has 0 bridgehead atoms. The first-order valence-electron chi connectivity index (χ1n) is 7.47. The number of nitrogens with two attached hydrogens (primary N) is 1. The van der Waals surface area contributed by atoms with Gasteiger partial charge in [-0.15, -0.1) is 0 Å². The third-order valence-electron chi connectivity index (χ3n) is 4.12. The Bertz CT molecular complexity index is 421. The van der Waals surface area contributed by atoms with Crippen LogP contribution in [0.5, 0.6) is 0 Å². The van der Waals surface area contributed by atoms with Gasteiger partial charge in [0.15, 0.2) is 0 Å². The maximum Gasteiger partial charge on any atom is 0.243 e. The molecule has 0 radical (unpaired) electrons. The first kappa shape index (κ1) is 15.4. The zero-order valence-corrected chi connectivity index (χ0v) is 12.9. The van der Waals surface area contributed by atoms with E-state index >= 15 is 0 Å². The van der Waals surface area contributed by atoms with Crippen LogP contribution in [0.2, 0.25) is 0 Å². The third kappa shape index (κ3) is 3.37. The van der Waals surface area contributed by atoms with Crippen LogP contribution >= 0.6 is 0 Å². The molecule has 2 heterocycles. The van der Waals surface area contributed by atoms with Crippen LogP contribution < -0.4 is 5.73 Å². The smallest absolute Gasteiger partial charge is 0.243 e. The standard InChI is InChI=1S/C14H26N4O2/c1-5-10(4)12(15)14-16-13(17-20-14)11-8-18(9(2)3)6-7-19-11/h9-12H,5-8,15H2,1-4H3/t10?,11?,12-/m0/s1. The molecule has 1 aliphatic heterocycles. The molecule has 0 amide bonds. The Labute approximate surface area is 120 Å². The molecule has 1 fully saturated rings. The lowest BCUT2D eigenvalue weighted by Gasteiger charge is -2.34. The SMILES string of the molecule is CCC(C)[C@H](N)c1nc(C2CN(C(C)C)CCO2)no1.